The molecule has 1 aromatic carbocycles. The van der Waals surface area contributed by atoms with E-state index in [0.29, 0.717) is 5.56 Å². The summed E-state index contributed by atoms with van der Waals surface area (Å²) in [5.41, 5.74) is 3.01. The van der Waals surface area contributed by atoms with Gasteiger partial charge in [-0.2, -0.15) is 0 Å². The summed E-state index contributed by atoms with van der Waals surface area (Å²) < 4.78 is 5.58. The van der Waals surface area contributed by atoms with Gasteiger partial charge in [0.15, 0.2) is 5.78 Å². The summed E-state index contributed by atoms with van der Waals surface area (Å²) in [6, 6.07) is 5.31. The molecule has 0 spiro atoms. The molecule has 17 heavy (non-hydrogen) atoms. The van der Waals surface area contributed by atoms with Crippen LogP contribution in [0.3, 0.4) is 0 Å². The zero-order valence-electron chi connectivity index (χ0n) is 9.30. The molecule has 2 aromatic rings. The van der Waals surface area contributed by atoms with E-state index >= 15 is 0 Å². The second-order valence-corrected chi connectivity index (χ2v) is 4.27. The summed E-state index contributed by atoms with van der Waals surface area (Å²) in [7, 11) is 0. The number of rotatable bonds is 4. The van der Waals surface area contributed by atoms with Gasteiger partial charge in [0.05, 0.1) is 22.3 Å². The fourth-order valence-electron chi connectivity index (χ4n) is 1.54. The first-order valence-electron chi connectivity index (χ1n) is 5.23. The van der Waals surface area contributed by atoms with Crippen LogP contribution in [-0.4, -0.2) is 23.3 Å². The van der Waals surface area contributed by atoms with Crippen molar-refractivity contribution in [2.75, 3.05) is 6.61 Å². The molecule has 0 atom stereocenters. The number of ketones is 1. The zero-order valence-corrected chi connectivity index (χ0v) is 10.1. The van der Waals surface area contributed by atoms with Crippen LogP contribution in [0.5, 0.6) is 0 Å². The number of nitrogens with zero attached hydrogens (tertiary/aromatic N) is 1. The number of ether oxygens (including phenoxy) is 1. The third kappa shape index (κ3) is 2.50. The maximum Gasteiger partial charge on any atom is 0.313 e. The number of thiazole rings is 1. The van der Waals surface area contributed by atoms with Crippen LogP contribution in [0.1, 0.15) is 23.7 Å². The highest BCUT2D eigenvalue weighted by atomic mass is 32.1. The Morgan fingerprint density at radius 2 is 2.24 bits per heavy atom. The van der Waals surface area contributed by atoms with Crippen LogP contribution in [0.4, 0.5) is 0 Å². The predicted molar refractivity (Wildman–Crippen MR) is 65.2 cm³/mol. The van der Waals surface area contributed by atoms with Crippen LogP contribution >= 0.6 is 11.3 Å². The maximum absolute atomic E-state index is 11.9. The molecule has 4 nitrogen and oxygen atoms in total. The Bertz CT molecular complexity index is 562. The molecule has 1 heterocycles. The van der Waals surface area contributed by atoms with Crippen molar-refractivity contribution in [3.05, 3.63) is 29.3 Å². The normalized spacial score (nSPS) is 10.4. The summed E-state index contributed by atoms with van der Waals surface area (Å²) in [6.07, 6.45) is -0.217. The largest absolute Gasteiger partial charge is 0.466 e. The lowest BCUT2D eigenvalue weighted by atomic mass is 10.1. The van der Waals surface area contributed by atoms with Gasteiger partial charge in [-0.25, -0.2) is 4.98 Å². The van der Waals surface area contributed by atoms with Crippen molar-refractivity contribution in [1.29, 1.82) is 0 Å². The van der Waals surface area contributed by atoms with E-state index in [2.05, 4.69) is 4.98 Å². The first-order chi connectivity index (χ1) is 8.22. The Morgan fingerprint density at radius 1 is 1.41 bits per heavy atom. The highest BCUT2D eigenvalue weighted by molar-refractivity contribution is 7.17. The van der Waals surface area contributed by atoms with Gasteiger partial charge in [-0.3, -0.25) is 9.59 Å². The van der Waals surface area contributed by atoms with Crippen molar-refractivity contribution < 1.29 is 14.3 Å². The minimum absolute atomic E-state index is 0.217. The average Bonchev–Trinajstić information content (AvgIpc) is 2.76. The average molecular weight is 249 g/mol. The second-order valence-electron chi connectivity index (χ2n) is 3.41. The lowest BCUT2D eigenvalue weighted by Crippen LogP contribution is -2.11. The van der Waals surface area contributed by atoms with Gasteiger partial charge in [-0.15, -0.1) is 11.3 Å². The highest BCUT2D eigenvalue weighted by Gasteiger charge is 2.15. The monoisotopic (exact) mass is 249 g/mol. The summed E-state index contributed by atoms with van der Waals surface area (Å²) in [5.74, 6) is -0.711. The van der Waals surface area contributed by atoms with Crippen LogP contribution in [0.25, 0.3) is 10.2 Å². The minimum Gasteiger partial charge on any atom is -0.466 e. The van der Waals surface area contributed by atoms with Gasteiger partial charge in [0.25, 0.3) is 0 Å². The lowest BCUT2D eigenvalue weighted by molar-refractivity contribution is -0.141. The summed E-state index contributed by atoms with van der Waals surface area (Å²) in [5, 5.41) is 0. The number of hydrogen-bond acceptors (Lipinski definition) is 5. The quantitative estimate of drug-likeness (QED) is 0.474. The van der Waals surface area contributed by atoms with E-state index in [4.69, 9.17) is 4.74 Å². The molecule has 0 unspecified atom stereocenters. The van der Waals surface area contributed by atoms with E-state index in [1.807, 2.05) is 6.07 Å². The van der Waals surface area contributed by atoms with Crippen LogP contribution in [0.2, 0.25) is 0 Å². The Balaban J connectivity index is 2.24. The number of esters is 1. The summed E-state index contributed by atoms with van der Waals surface area (Å²) >= 11 is 1.40. The van der Waals surface area contributed by atoms with E-state index in [1.54, 1.807) is 24.6 Å². The molecule has 0 amide bonds. The Labute approximate surface area is 102 Å². The van der Waals surface area contributed by atoms with Crippen molar-refractivity contribution in [2.24, 2.45) is 0 Å². The van der Waals surface area contributed by atoms with Crippen molar-refractivity contribution in [3.63, 3.8) is 0 Å². The molecule has 5 heteroatoms. The summed E-state index contributed by atoms with van der Waals surface area (Å²) in [4.78, 5) is 27.3. The molecular formula is C12H11NO3S. The van der Waals surface area contributed by atoms with Gasteiger partial charge >= 0.3 is 5.97 Å². The van der Waals surface area contributed by atoms with Gasteiger partial charge in [0.2, 0.25) is 0 Å². The molecule has 1 aromatic heterocycles. The minimum atomic E-state index is -0.487. The number of Topliss-reactive ketones (excluding diaryl/α,β-unsaturated/α-hetero) is 1. The molecule has 88 valence electrons. The first kappa shape index (κ1) is 11.7. The molecule has 0 saturated carbocycles. The molecule has 0 bridgehead atoms. The second kappa shape index (κ2) is 5.05. The molecular weight excluding hydrogens is 238 g/mol. The number of carbonyl (C=O) groups is 2. The van der Waals surface area contributed by atoms with E-state index in [-0.39, 0.29) is 18.8 Å². The number of aromatic nitrogens is 1. The van der Waals surface area contributed by atoms with Crippen molar-refractivity contribution in [1.82, 2.24) is 4.98 Å². The number of carbonyl (C=O) groups excluding carboxylic acids is 2. The molecule has 0 aliphatic heterocycles. The van der Waals surface area contributed by atoms with Crippen molar-refractivity contribution in [2.45, 2.75) is 13.3 Å². The van der Waals surface area contributed by atoms with Crippen LogP contribution in [0, 0.1) is 0 Å². The van der Waals surface area contributed by atoms with Gasteiger partial charge in [0.1, 0.15) is 6.42 Å². The van der Waals surface area contributed by atoms with E-state index in [1.165, 1.54) is 11.3 Å². The Kier molecular flexibility index (Phi) is 3.49. The van der Waals surface area contributed by atoms with Crippen LogP contribution < -0.4 is 0 Å². The fraction of sp³-hybridized carbons (Fsp3) is 0.250. The van der Waals surface area contributed by atoms with Crippen molar-refractivity contribution in [3.8, 4) is 0 Å². The molecule has 0 saturated heterocycles. The number of fused-ring (bicyclic) bond motifs is 1. The van der Waals surface area contributed by atoms with Gasteiger partial charge in [0, 0.05) is 5.56 Å². The Hall–Kier alpha value is -1.75. The third-order valence-corrected chi connectivity index (χ3v) is 3.14. The van der Waals surface area contributed by atoms with Gasteiger partial charge in [-0.05, 0) is 19.1 Å². The summed E-state index contributed by atoms with van der Waals surface area (Å²) in [6.45, 7) is 2.00. The van der Waals surface area contributed by atoms with E-state index < -0.39 is 5.97 Å². The van der Waals surface area contributed by atoms with E-state index in [9.17, 15) is 9.59 Å². The first-order valence-corrected chi connectivity index (χ1v) is 6.11. The standard InChI is InChI=1S/C12H11NO3S/c1-2-16-11(15)6-10(14)8-4-3-5-9-12(8)17-7-13-9/h3-5,7H,2,6H2,1H3. The molecule has 2 rings (SSSR count). The molecule has 0 N–H and O–H groups in total. The zero-order chi connectivity index (χ0) is 12.3. The Morgan fingerprint density at radius 3 is 3.00 bits per heavy atom. The fourth-order valence-corrected chi connectivity index (χ4v) is 2.37. The highest BCUT2D eigenvalue weighted by Crippen LogP contribution is 2.23. The topological polar surface area (TPSA) is 56.3 Å². The molecule has 0 aliphatic carbocycles. The van der Waals surface area contributed by atoms with Crippen LogP contribution in [-0.2, 0) is 9.53 Å². The lowest BCUT2D eigenvalue weighted by Gasteiger charge is -2.02. The smallest absolute Gasteiger partial charge is 0.313 e. The number of benzene rings is 1. The van der Waals surface area contributed by atoms with Crippen LogP contribution in [0.15, 0.2) is 23.7 Å². The van der Waals surface area contributed by atoms with Gasteiger partial charge in [-0.1, -0.05) is 6.07 Å². The third-order valence-electron chi connectivity index (χ3n) is 2.27. The molecule has 0 radical (unpaired) electrons. The maximum atomic E-state index is 11.9. The molecule has 0 fully saturated rings. The SMILES string of the molecule is CCOC(=O)CC(=O)c1cccc2ncsc12. The van der Waals surface area contributed by atoms with E-state index in [0.717, 1.165) is 10.2 Å². The molecule has 0 aliphatic rings. The number of hydrogen-bond donors (Lipinski definition) is 0. The predicted octanol–water partition coefficient (Wildman–Crippen LogP) is 2.43. The van der Waals surface area contributed by atoms with Crippen molar-refractivity contribution >= 4 is 33.3 Å². The van der Waals surface area contributed by atoms with Gasteiger partial charge < -0.3 is 4.74 Å².